The predicted molar refractivity (Wildman–Crippen MR) is 108 cm³/mol. The number of hydrogen-bond acceptors (Lipinski definition) is 5. The number of rotatable bonds is 5. The minimum atomic E-state index is -0.376. The van der Waals surface area contributed by atoms with Gasteiger partial charge in [-0.3, -0.25) is 4.79 Å². The van der Waals surface area contributed by atoms with Gasteiger partial charge in [0.25, 0.3) is 0 Å². The first kappa shape index (κ1) is 19.2. The number of carbonyl (C=O) groups excluding carboxylic acids is 2. The molecule has 0 saturated heterocycles. The van der Waals surface area contributed by atoms with Crippen molar-refractivity contribution in [3.63, 3.8) is 0 Å². The SMILES string of the molecule is COC(=O)c1ccc2c(CN(C)C(=O)/C=C/c3ccc(N)nc3)cn(C)c2c1. The molecule has 2 aromatic heterocycles. The van der Waals surface area contributed by atoms with E-state index in [0.717, 1.165) is 22.0 Å². The predicted octanol–water partition coefficient (Wildman–Crippen LogP) is 2.61. The summed E-state index contributed by atoms with van der Waals surface area (Å²) in [6.07, 6.45) is 6.79. The Labute approximate surface area is 163 Å². The molecular weight excluding hydrogens is 356 g/mol. The number of nitrogens with zero attached hydrogens (tertiary/aromatic N) is 3. The number of nitrogens with two attached hydrogens (primary N) is 1. The first-order chi connectivity index (χ1) is 13.4. The molecule has 0 spiro atoms. The van der Waals surface area contributed by atoms with Crippen LogP contribution in [0.25, 0.3) is 17.0 Å². The molecule has 0 bridgehead atoms. The molecule has 144 valence electrons. The van der Waals surface area contributed by atoms with Crippen LogP contribution in [0, 0.1) is 0 Å². The Balaban J connectivity index is 1.77. The van der Waals surface area contributed by atoms with Crippen LogP contribution in [0.2, 0.25) is 0 Å². The van der Waals surface area contributed by atoms with E-state index in [9.17, 15) is 9.59 Å². The zero-order chi connectivity index (χ0) is 20.3. The Morgan fingerprint density at radius 3 is 2.75 bits per heavy atom. The van der Waals surface area contributed by atoms with E-state index in [1.54, 1.807) is 48.5 Å². The second-order valence-corrected chi connectivity index (χ2v) is 6.53. The number of benzene rings is 1. The quantitative estimate of drug-likeness (QED) is 0.544. The van der Waals surface area contributed by atoms with Crippen molar-refractivity contribution in [2.45, 2.75) is 6.54 Å². The van der Waals surface area contributed by atoms with E-state index in [4.69, 9.17) is 10.5 Å². The van der Waals surface area contributed by atoms with Crippen molar-refractivity contribution in [3.8, 4) is 0 Å². The van der Waals surface area contributed by atoms with Crippen LogP contribution in [0.4, 0.5) is 5.82 Å². The Morgan fingerprint density at radius 1 is 1.29 bits per heavy atom. The number of anilines is 1. The fraction of sp³-hybridized carbons (Fsp3) is 0.190. The number of likely N-dealkylation sites (N-methyl/N-ethyl adjacent to an activating group) is 1. The minimum absolute atomic E-state index is 0.125. The third-order valence-corrected chi connectivity index (χ3v) is 4.51. The van der Waals surface area contributed by atoms with E-state index >= 15 is 0 Å². The molecule has 1 amide bonds. The zero-order valence-electron chi connectivity index (χ0n) is 16.0. The molecule has 2 N–H and O–H groups in total. The molecule has 2 heterocycles. The van der Waals surface area contributed by atoms with Crippen LogP contribution in [0.5, 0.6) is 0 Å². The molecule has 3 rings (SSSR count). The van der Waals surface area contributed by atoms with Crippen LogP contribution in [0.3, 0.4) is 0 Å². The van der Waals surface area contributed by atoms with Gasteiger partial charge < -0.3 is 19.9 Å². The van der Waals surface area contributed by atoms with Crippen molar-refractivity contribution in [2.75, 3.05) is 19.9 Å². The average Bonchev–Trinajstić information content (AvgIpc) is 3.01. The summed E-state index contributed by atoms with van der Waals surface area (Å²) < 4.78 is 6.71. The normalized spacial score (nSPS) is 11.1. The number of methoxy groups -OCH3 is 1. The van der Waals surface area contributed by atoms with Crippen LogP contribution in [-0.4, -0.2) is 40.5 Å². The van der Waals surface area contributed by atoms with Crippen LogP contribution < -0.4 is 5.73 Å². The largest absolute Gasteiger partial charge is 0.465 e. The van der Waals surface area contributed by atoms with Crippen molar-refractivity contribution in [2.24, 2.45) is 7.05 Å². The van der Waals surface area contributed by atoms with Crippen molar-refractivity contribution < 1.29 is 14.3 Å². The number of ether oxygens (including phenoxy) is 1. The number of esters is 1. The second kappa shape index (κ2) is 7.96. The Morgan fingerprint density at radius 2 is 2.07 bits per heavy atom. The lowest BCUT2D eigenvalue weighted by Crippen LogP contribution is -2.24. The highest BCUT2D eigenvalue weighted by molar-refractivity contribution is 5.96. The molecule has 0 aliphatic heterocycles. The van der Waals surface area contributed by atoms with Crippen molar-refractivity contribution in [3.05, 3.63) is 65.5 Å². The van der Waals surface area contributed by atoms with Crippen LogP contribution >= 0.6 is 0 Å². The maximum atomic E-state index is 12.4. The van der Waals surface area contributed by atoms with Gasteiger partial charge >= 0.3 is 5.97 Å². The van der Waals surface area contributed by atoms with Crippen molar-refractivity contribution >= 4 is 34.7 Å². The third kappa shape index (κ3) is 4.03. The molecule has 0 aliphatic rings. The number of nitrogen functional groups attached to an aromatic ring is 1. The average molecular weight is 378 g/mol. The Hall–Kier alpha value is -3.61. The van der Waals surface area contributed by atoms with Crippen LogP contribution in [0.15, 0.2) is 48.8 Å². The number of fused-ring (bicyclic) bond motifs is 1. The topological polar surface area (TPSA) is 90.4 Å². The number of aromatic nitrogens is 2. The van der Waals surface area contributed by atoms with Gasteiger partial charge in [-0.2, -0.15) is 0 Å². The zero-order valence-corrected chi connectivity index (χ0v) is 16.0. The minimum Gasteiger partial charge on any atom is -0.465 e. The monoisotopic (exact) mass is 378 g/mol. The summed E-state index contributed by atoms with van der Waals surface area (Å²) in [5, 5.41) is 0.988. The molecule has 0 fully saturated rings. The molecule has 0 unspecified atom stereocenters. The number of amides is 1. The summed E-state index contributed by atoms with van der Waals surface area (Å²) in [7, 11) is 5.01. The summed E-state index contributed by atoms with van der Waals surface area (Å²) in [5.74, 6) is -0.0637. The number of carbonyl (C=O) groups is 2. The second-order valence-electron chi connectivity index (χ2n) is 6.53. The maximum Gasteiger partial charge on any atom is 0.337 e. The standard InChI is InChI=1S/C21H22N4O3/c1-24-12-16(17-7-6-15(10-18(17)24)21(27)28-3)13-25(2)20(26)9-5-14-4-8-19(22)23-11-14/h4-12H,13H2,1-3H3,(H2,22,23)/b9-5+. The van der Waals surface area contributed by atoms with Gasteiger partial charge in [0.1, 0.15) is 5.82 Å². The van der Waals surface area contributed by atoms with E-state index in [1.807, 2.05) is 23.9 Å². The molecular formula is C21H22N4O3. The number of pyridine rings is 1. The number of aryl methyl sites for hydroxylation is 1. The van der Waals surface area contributed by atoms with E-state index in [2.05, 4.69) is 4.98 Å². The summed E-state index contributed by atoms with van der Waals surface area (Å²) in [5.41, 5.74) is 8.75. The van der Waals surface area contributed by atoms with E-state index in [1.165, 1.54) is 13.2 Å². The van der Waals surface area contributed by atoms with Gasteiger partial charge in [-0.1, -0.05) is 6.07 Å². The molecule has 0 aliphatic carbocycles. The highest BCUT2D eigenvalue weighted by atomic mass is 16.5. The molecule has 0 saturated carbocycles. The third-order valence-electron chi connectivity index (χ3n) is 4.51. The fourth-order valence-corrected chi connectivity index (χ4v) is 2.98. The number of hydrogen-bond donors (Lipinski definition) is 1. The molecule has 3 aromatic rings. The van der Waals surface area contributed by atoms with E-state index in [0.29, 0.717) is 17.9 Å². The molecule has 7 heteroatoms. The summed E-state index contributed by atoms with van der Waals surface area (Å²) in [6, 6.07) is 8.89. The van der Waals surface area contributed by atoms with Crippen LogP contribution in [0.1, 0.15) is 21.5 Å². The molecule has 7 nitrogen and oxygen atoms in total. The summed E-state index contributed by atoms with van der Waals surface area (Å²) in [4.78, 5) is 29.8. The lowest BCUT2D eigenvalue weighted by atomic mass is 10.1. The summed E-state index contributed by atoms with van der Waals surface area (Å²) in [6.45, 7) is 0.443. The first-order valence-electron chi connectivity index (χ1n) is 8.70. The summed E-state index contributed by atoms with van der Waals surface area (Å²) >= 11 is 0. The van der Waals surface area contributed by atoms with Gasteiger partial charge in [0.05, 0.1) is 12.7 Å². The van der Waals surface area contributed by atoms with Gasteiger partial charge in [-0.15, -0.1) is 0 Å². The molecule has 0 atom stereocenters. The highest BCUT2D eigenvalue weighted by Gasteiger charge is 2.14. The lowest BCUT2D eigenvalue weighted by molar-refractivity contribution is -0.125. The lowest BCUT2D eigenvalue weighted by Gasteiger charge is -2.14. The van der Waals surface area contributed by atoms with Gasteiger partial charge in [0, 0.05) is 50.0 Å². The van der Waals surface area contributed by atoms with Crippen LogP contribution in [-0.2, 0) is 23.1 Å². The molecule has 1 aromatic carbocycles. The first-order valence-corrected chi connectivity index (χ1v) is 8.70. The van der Waals surface area contributed by atoms with Crippen molar-refractivity contribution in [1.82, 2.24) is 14.5 Å². The van der Waals surface area contributed by atoms with Gasteiger partial charge in [-0.25, -0.2) is 9.78 Å². The smallest absolute Gasteiger partial charge is 0.337 e. The van der Waals surface area contributed by atoms with Gasteiger partial charge in [0.15, 0.2) is 0 Å². The van der Waals surface area contributed by atoms with Gasteiger partial charge in [0.2, 0.25) is 5.91 Å². The Kier molecular flexibility index (Phi) is 5.44. The Bertz CT molecular complexity index is 1050. The molecule has 28 heavy (non-hydrogen) atoms. The van der Waals surface area contributed by atoms with E-state index in [-0.39, 0.29) is 11.9 Å². The molecule has 0 radical (unpaired) electrons. The highest BCUT2D eigenvalue weighted by Crippen LogP contribution is 2.23. The van der Waals surface area contributed by atoms with Gasteiger partial charge in [-0.05, 0) is 41.5 Å². The van der Waals surface area contributed by atoms with Crippen molar-refractivity contribution in [1.29, 1.82) is 0 Å². The fourth-order valence-electron chi connectivity index (χ4n) is 2.98. The maximum absolute atomic E-state index is 12.4. The van der Waals surface area contributed by atoms with E-state index < -0.39 is 0 Å².